The maximum Gasteiger partial charge on any atom is 0.407 e. The molecule has 17 heteroatoms. The van der Waals surface area contributed by atoms with Crippen LogP contribution in [0.1, 0.15) is 61.8 Å². The van der Waals surface area contributed by atoms with Gasteiger partial charge >= 0.3 is 6.09 Å². The Morgan fingerprint density at radius 3 is 1.81 bits per heavy atom. The van der Waals surface area contributed by atoms with Crippen molar-refractivity contribution in [2.45, 2.75) is 144 Å². The van der Waals surface area contributed by atoms with Crippen molar-refractivity contribution in [2.24, 2.45) is 5.92 Å². The fraction of sp³-hybridized carbons (Fsp3) is 0.435. The van der Waals surface area contributed by atoms with Gasteiger partial charge in [-0.3, -0.25) is 0 Å². The van der Waals surface area contributed by atoms with Gasteiger partial charge in [0, 0.05) is 5.56 Å². The number of carbonyl (C=O) groups excluding carboxylic acids is 1. The van der Waals surface area contributed by atoms with Crippen LogP contribution in [0.2, 0.25) is 18.1 Å². The minimum atomic E-state index is -2.79. The monoisotopic (exact) mass is 1160 g/mol. The Kier molecular flexibility index (Phi) is 20.3. The summed E-state index contributed by atoms with van der Waals surface area (Å²) in [5, 5.41) is 4.95. The van der Waals surface area contributed by atoms with E-state index in [1.54, 1.807) is 0 Å². The summed E-state index contributed by atoms with van der Waals surface area (Å²) in [5.41, 5.74) is 4.53. The van der Waals surface area contributed by atoms with Gasteiger partial charge in [-0.25, -0.2) is 4.79 Å². The lowest BCUT2D eigenvalue weighted by molar-refractivity contribution is -0.390. The first-order chi connectivity index (χ1) is 38.0. The molecule has 0 radical (unpaired) electrons. The summed E-state index contributed by atoms with van der Waals surface area (Å²) in [6.45, 7) is 13.4. The molecule has 3 fully saturated rings. The van der Waals surface area contributed by atoms with Gasteiger partial charge in [-0.15, -0.1) is 0 Å². The Labute approximate surface area is 480 Å². The predicted molar refractivity (Wildman–Crippen MR) is 307 cm³/mol. The molecule has 0 aromatic heterocycles. The molecule has 0 aliphatic carbocycles. The number of halogens is 3. The number of alkyl carbamates (subject to hydrolysis) is 1. The zero-order valence-corrected chi connectivity index (χ0v) is 48.8. The standard InChI is InChI=1S/C62H72Cl3NO12Si/c1-41(2)61(3,4)79(5,6)78-58-51(66-60(67)73-40-62(63,64)65)54(69-35-43-23-13-8-14-24-43)52(49(74-58)38-68-34-42-21-11-7-12-22-42)77-59-56(71-36-44-25-15-9-16-26-44)55(70-37-45-31-32-46-27-19-20-30-48(46)33-45)53-50(75-59)39-72-57(76-53)47-28-17-10-18-29-47/h7-33,41,49-59H,34-40H2,1-6H3,(H,66,67)/t49-,50-,51-,52-,53-,54-,55+,56+,57-,58+,59+/m1/s1. The third kappa shape index (κ3) is 15.6. The van der Waals surface area contributed by atoms with Crippen LogP contribution < -0.4 is 5.32 Å². The van der Waals surface area contributed by atoms with Crippen LogP contribution in [0.3, 0.4) is 0 Å². The molecule has 0 unspecified atom stereocenters. The number of hydrogen-bond acceptors (Lipinski definition) is 12. The lowest BCUT2D eigenvalue weighted by Gasteiger charge is -2.53. The molecule has 3 aliphatic rings. The zero-order chi connectivity index (χ0) is 55.6. The van der Waals surface area contributed by atoms with Crippen LogP contribution in [0.4, 0.5) is 4.79 Å². The number of carbonyl (C=O) groups is 1. The van der Waals surface area contributed by atoms with E-state index in [0.29, 0.717) is 0 Å². The van der Waals surface area contributed by atoms with E-state index in [9.17, 15) is 4.79 Å². The summed E-state index contributed by atoms with van der Waals surface area (Å²) in [4.78, 5) is 14.1. The minimum Gasteiger partial charge on any atom is -0.445 e. The summed E-state index contributed by atoms with van der Waals surface area (Å²) in [6, 6.07) is 52.7. The van der Waals surface area contributed by atoms with E-state index in [-0.39, 0.29) is 50.6 Å². The van der Waals surface area contributed by atoms with Gasteiger partial charge in [-0.05, 0) is 63.1 Å². The number of fused-ring (bicyclic) bond motifs is 2. The molecule has 3 aliphatic heterocycles. The van der Waals surface area contributed by atoms with Gasteiger partial charge in [-0.1, -0.05) is 220 Å². The van der Waals surface area contributed by atoms with Gasteiger partial charge in [0.15, 0.2) is 27.2 Å². The average Bonchev–Trinajstić information content (AvgIpc) is 3.52. The fourth-order valence-corrected chi connectivity index (χ4v) is 12.6. The van der Waals surface area contributed by atoms with E-state index < -0.39 is 92.4 Å². The molecule has 13 nitrogen and oxygen atoms in total. The quantitative estimate of drug-likeness (QED) is 0.0513. The summed E-state index contributed by atoms with van der Waals surface area (Å²) < 4.78 is 74.0. The van der Waals surface area contributed by atoms with Crippen molar-refractivity contribution in [1.82, 2.24) is 5.32 Å². The molecule has 422 valence electrons. The zero-order valence-electron chi connectivity index (χ0n) is 45.5. The maximum atomic E-state index is 14.1. The van der Waals surface area contributed by atoms with Gasteiger partial charge in [0.2, 0.25) is 3.79 Å². The Hall–Kier alpha value is -4.46. The molecule has 6 aromatic rings. The predicted octanol–water partition coefficient (Wildman–Crippen LogP) is 13.2. The van der Waals surface area contributed by atoms with E-state index in [1.165, 1.54) is 0 Å². The smallest absolute Gasteiger partial charge is 0.407 e. The van der Waals surface area contributed by atoms with Gasteiger partial charge < -0.3 is 57.1 Å². The Morgan fingerprint density at radius 1 is 0.633 bits per heavy atom. The lowest BCUT2D eigenvalue weighted by atomic mass is 9.94. The van der Waals surface area contributed by atoms with E-state index in [1.807, 2.05) is 133 Å². The molecule has 3 saturated heterocycles. The minimum absolute atomic E-state index is 0.00574. The third-order valence-electron chi connectivity index (χ3n) is 15.6. The molecule has 1 N–H and O–H groups in total. The Morgan fingerprint density at radius 2 is 1.19 bits per heavy atom. The summed E-state index contributed by atoms with van der Waals surface area (Å²) in [6.07, 6.45) is -10.1. The normalized spacial score (nSPS) is 25.7. The number of alkyl halides is 3. The highest BCUT2D eigenvalue weighted by atomic mass is 35.6. The van der Waals surface area contributed by atoms with Gasteiger partial charge in [0.25, 0.3) is 0 Å². The molecular weight excluding hydrogens is 1090 g/mol. The number of amides is 1. The number of ether oxygens (including phenoxy) is 10. The van der Waals surface area contributed by atoms with Crippen molar-refractivity contribution >= 4 is 60.0 Å². The molecule has 3 heterocycles. The molecule has 1 amide bonds. The largest absolute Gasteiger partial charge is 0.445 e. The van der Waals surface area contributed by atoms with Crippen molar-refractivity contribution in [2.75, 3.05) is 19.8 Å². The second-order valence-electron chi connectivity index (χ2n) is 21.7. The first-order valence-corrected chi connectivity index (χ1v) is 31.0. The third-order valence-corrected chi connectivity index (χ3v) is 20.4. The highest BCUT2D eigenvalue weighted by Crippen LogP contribution is 2.47. The fourth-order valence-electron chi connectivity index (χ4n) is 9.99. The number of benzene rings is 6. The van der Waals surface area contributed by atoms with Crippen LogP contribution in [-0.2, 0) is 78.2 Å². The molecule has 79 heavy (non-hydrogen) atoms. The van der Waals surface area contributed by atoms with Crippen LogP contribution in [0.25, 0.3) is 10.8 Å². The topological polar surface area (TPSA) is 131 Å². The average molecular weight is 1160 g/mol. The molecule has 0 saturated carbocycles. The van der Waals surface area contributed by atoms with Crippen molar-refractivity contribution in [1.29, 1.82) is 0 Å². The Balaban J connectivity index is 1.14. The summed E-state index contributed by atoms with van der Waals surface area (Å²) in [5.74, 6) is 0.219. The van der Waals surface area contributed by atoms with Crippen LogP contribution in [0.5, 0.6) is 0 Å². The van der Waals surface area contributed by atoms with Gasteiger partial charge in [0.1, 0.15) is 55.4 Å². The highest BCUT2D eigenvalue weighted by molar-refractivity contribution is 6.74. The molecular formula is C62H72Cl3NO12Si. The van der Waals surface area contributed by atoms with Gasteiger partial charge in [0.05, 0.1) is 39.6 Å². The molecule has 9 rings (SSSR count). The molecule has 11 atom stereocenters. The Bertz CT molecular complexity index is 2830. The molecule has 0 spiro atoms. The van der Waals surface area contributed by atoms with Crippen molar-refractivity contribution < 1.29 is 56.6 Å². The first kappa shape index (κ1) is 59.2. The van der Waals surface area contributed by atoms with Crippen LogP contribution in [-0.4, -0.2) is 99.4 Å². The highest BCUT2D eigenvalue weighted by Gasteiger charge is 2.57. The SMILES string of the molecule is CC(C)C(C)(C)[Si](C)(C)O[C@@H]1O[C@H](COCc2ccccc2)[C@@H](O[C@@H]2O[C@@H]3CO[C@@H](c4ccccc4)O[C@H]3[C@H](OCc3ccc4ccccc4c3)[C@@H]2OCc2ccccc2)[C@H](OCc2ccccc2)[C@H]1NC(=O)OCC(Cl)(Cl)Cl. The first-order valence-electron chi connectivity index (χ1n) is 27.0. The lowest BCUT2D eigenvalue weighted by Crippen LogP contribution is -2.70. The van der Waals surface area contributed by atoms with E-state index in [0.717, 1.165) is 38.6 Å². The van der Waals surface area contributed by atoms with Crippen molar-refractivity contribution in [3.8, 4) is 0 Å². The van der Waals surface area contributed by atoms with Gasteiger partial charge in [-0.2, -0.15) is 0 Å². The summed E-state index contributed by atoms with van der Waals surface area (Å²) >= 11 is 18.4. The molecule has 0 bridgehead atoms. The van der Waals surface area contributed by atoms with Crippen LogP contribution in [0.15, 0.2) is 164 Å². The maximum absolute atomic E-state index is 14.1. The second kappa shape index (κ2) is 27.1. The number of rotatable bonds is 22. The summed E-state index contributed by atoms with van der Waals surface area (Å²) in [7, 11) is -2.79. The van der Waals surface area contributed by atoms with E-state index in [4.69, 9.17) is 86.6 Å². The number of hydrogen-bond donors (Lipinski definition) is 1. The number of nitrogens with one attached hydrogen (secondary N) is 1. The second-order valence-corrected chi connectivity index (χ2v) is 28.8. The van der Waals surface area contributed by atoms with Crippen molar-refractivity contribution in [3.63, 3.8) is 0 Å². The van der Waals surface area contributed by atoms with Crippen LogP contribution in [0, 0.1) is 5.92 Å². The molecule has 6 aromatic carbocycles. The van der Waals surface area contributed by atoms with E-state index in [2.05, 4.69) is 76.4 Å². The van der Waals surface area contributed by atoms with E-state index >= 15 is 0 Å². The van der Waals surface area contributed by atoms with Crippen LogP contribution >= 0.6 is 34.8 Å². The van der Waals surface area contributed by atoms with Crippen molar-refractivity contribution in [3.05, 3.63) is 192 Å².